The molecule has 1 aromatic heterocycles. The number of hydrogen-bond donors (Lipinski definition) is 2. The Kier molecular flexibility index (Phi) is 3.23. The number of carboxylic acid groups (broad SMARTS) is 1. The molecule has 0 unspecified atom stereocenters. The first-order valence-corrected chi connectivity index (χ1v) is 5.45. The number of rotatable bonds is 3. The van der Waals surface area contributed by atoms with Crippen molar-refractivity contribution in [3.8, 4) is 0 Å². The third-order valence-electron chi connectivity index (χ3n) is 2.38. The number of carbonyl (C=O) groups is 1. The molecule has 0 aliphatic heterocycles. The largest absolute Gasteiger partial charge is 0.478 e. The van der Waals surface area contributed by atoms with E-state index in [-0.39, 0.29) is 5.56 Å². The van der Waals surface area contributed by atoms with E-state index in [0.29, 0.717) is 5.95 Å². The Bertz CT molecular complexity index is 559. The van der Waals surface area contributed by atoms with Gasteiger partial charge in [0.1, 0.15) is 0 Å². The van der Waals surface area contributed by atoms with Crippen LogP contribution in [0.4, 0.5) is 11.6 Å². The molecule has 5 nitrogen and oxygen atoms in total. The zero-order valence-corrected chi connectivity index (χ0v) is 10.1. The molecular weight excluding hydrogens is 230 g/mol. The van der Waals surface area contributed by atoms with Crippen molar-refractivity contribution in [3.05, 3.63) is 47.3 Å². The van der Waals surface area contributed by atoms with Crippen molar-refractivity contribution in [3.63, 3.8) is 0 Å². The van der Waals surface area contributed by atoms with E-state index in [4.69, 9.17) is 5.11 Å². The van der Waals surface area contributed by atoms with E-state index in [1.54, 1.807) is 0 Å². The molecule has 5 heteroatoms. The summed E-state index contributed by atoms with van der Waals surface area (Å²) in [6.45, 7) is 4.01. The van der Waals surface area contributed by atoms with Gasteiger partial charge in [-0.05, 0) is 37.1 Å². The molecule has 92 valence electrons. The Morgan fingerprint density at radius 1 is 1.11 bits per heavy atom. The number of aryl methyl sites for hydroxylation is 2. The van der Waals surface area contributed by atoms with Crippen LogP contribution in [0.25, 0.3) is 0 Å². The van der Waals surface area contributed by atoms with Gasteiger partial charge in [-0.15, -0.1) is 0 Å². The summed E-state index contributed by atoms with van der Waals surface area (Å²) in [5.74, 6) is -0.655. The lowest BCUT2D eigenvalue weighted by atomic mass is 10.1. The summed E-state index contributed by atoms with van der Waals surface area (Å²) in [5, 5.41) is 11.8. The van der Waals surface area contributed by atoms with Gasteiger partial charge in [-0.25, -0.2) is 14.8 Å². The van der Waals surface area contributed by atoms with Crippen LogP contribution in [0.1, 0.15) is 21.5 Å². The monoisotopic (exact) mass is 243 g/mol. The Balaban J connectivity index is 2.20. The summed E-state index contributed by atoms with van der Waals surface area (Å²) in [5.41, 5.74) is 3.23. The van der Waals surface area contributed by atoms with Gasteiger partial charge in [0.15, 0.2) is 0 Å². The second kappa shape index (κ2) is 4.83. The quantitative estimate of drug-likeness (QED) is 0.866. The molecule has 0 saturated heterocycles. The minimum absolute atomic E-state index is 0.0703. The Morgan fingerprint density at radius 2 is 1.67 bits per heavy atom. The maximum atomic E-state index is 10.7. The van der Waals surface area contributed by atoms with Gasteiger partial charge in [0.2, 0.25) is 5.95 Å². The first kappa shape index (κ1) is 12.0. The van der Waals surface area contributed by atoms with Gasteiger partial charge in [0, 0.05) is 18.1 Å². The van der Waals surface area contributed by atoms with Crippen molar-refractivity contribution in [2.24, 2.45) is 0 Å². The van der Waals surface area contributed by atoms with E-state index in [9.17, 15) is 4.79 Å². The molecule has 0 fully saturated rings. The van der Waals surface area contributed by atoms with E-state index in [2.05, 4.69) is 21.4 Å². The van der Waals surface area contributed by atoms with E-state index in [1.807, 2.05) is 26.0 Å². The molecule has 2 rings (SSSR count). The molecule has 1 heterocycles. The number of hydrogen-bond acceptors (Lipinski definition) is 4. The molecule has 0 radical (unpaired) electrons. The lowest BCUT2D eigenvalue weighted by Crippen LogP contribution is -2.02. The van der Waals surface area contributed by atoms with Gasteiger partial charge < -0.3 is 10.4 Å². The summed E-state index contributed by atoms with van der Waals surface area (Å²) in [6.07, 6.45) is 2.56. The Labute approximate surface area is 105 Å². The molecule has 0 atom stereocenters. The highest BCUT2D eigenvalue weighted by Crippen LogP contribution is 2.16. The highest BCUT2D eigenvalue weighted by Gasteiger charge is 2.04. The van der Waals surface area contributed by atoms with Crippen LogP contribution >= 0.6 is 0 Å². The molecule has 0 spiro atoms. The first-order chi connectivity index (χ1) is 8.54. The van der Waals surface area contributed by atoms with Crippen LogP contribution in [0.2, 0.25) is 0 Å². The molecule has 0 aliphatic carbocycles. The van der Waals surface area contributed by atoms with Crippen molar-refractivity contribution < 1.29 is 9.90 Å². The third kappa shape index (κ3) is 2.82. The fourth-order valence-electron chi connectivity index (χ4n) is 1.68. The minimum atomic E-state index is -1.03. The summed E-state index contributed by atoms with van der Waals surface area (Å²) in [4.78, 5) is 18.6. The molecule has 2 aromatic rings. The van der Waals surface area contributed by atoms with Crippen molar-refractivity contribution in [2.45, 2.75) is 13.8 Å². The second-order valence-electron chi connectivity index (χ2n) is 4.10. The van der Waals surface area contributed by atoms with Crippen LogP contribution < -0.4 is 5.32 Å². The average molecular weight is 243 g/mol. The summed E-state index contributed by atoms with van der Waals surface area (Å²) >= 11 is 0. The van der Waals surface area contributed by atoms with E-state index in [1.165, 1.54) is 12.4 Å². The predicted octanol–water partition coefficient (Wildman–Crippen LogP) is 2.54. The van der Waals surface area contributed by atoms with Crippen LogP contribution in [0.3, 0.4) is 0 Å². The topological polar surface area (TPSA) is 75.1 Å². The normalized spacial score (nSPS) is 10.1. The van der Waals surface area contributed by atoms with Crippen molar-refractivity contribution >= 4 is 17.6 Å². The standard InChI is InChI=1S/C13H13N3O2/c1-8-3-9(2)5-11(4-8)16-13-14-6-10(7-15-13)12(17)18/h3-7H,1-2H3,(H,17,18)(H,14,15,16). The van der Waals surface area contributed by atoms with Gasteiger partial charge in [0.05, 0.1) is 5.56 Å². The molecular formula is C13H13N3O2. The first-order valence-electron chi connectivity index (χ1n) is 5.45. The van der Waals surface area contributed by atoms with E-state index < -0.39 is 5.97 Å². The number of benzene rings is 1. The van der Waals surface area contributed by atoms with Crippen molar-refractivity contribution in [2.75, 3.05) is 5.32 Å². The number of aromatic carboxylic acids is 1. The molecule has 0 saturated carbocycles. The SMILES string of the molecule is Cc1cc(C)cc(Nc2ncc(C(=O)O)cn2)c1. The van der Waals surface area contributed by atoms with Gasteiger partial charge in [-0.2, -0.15) is 0 Å². The second-order valence-corrected chi connectivity index (χ2v) is 4.10. The summed E-state index contributed by atoms with van der Waals surface area (Å²) in [6, 6.07) is 6.02. The van der Waals surface area contributed by atoms with Crippen molar-refractivity contribution in [1.29, 1.82) is 0 Å². The van der Waals surface area contributed by atoms with E-state index >= 15 is 0 Å². The highest BCUT2D eigenvalue weighted by atomic mass is 16.4. The van der Waals surface area contributed by atoms with Crippen LogP contribution in [0, 0.1) is 13.8 Å². The minimum Gasteiger partial charge on any atom is -0.478 e. The van der Waals surface area contributed by atoms with Gasteiger partial charge >= 0.3 is 5.97 Å². The maximum absolute atomic E-state index is 10.7. The highest BCUT2D eigenvalue weighted by molar-refractivity contribution is 5.86. The summed E-state index contributed by atoms with van der Waals surface area (Å²) < 4.78 is 0. The fraction of sp³-hybridized carbons (Fsp3) is 0.154. The number of nitrogens with one attached hydrogen (secondary N) is 1. The Hall–Kier alpha value is -2.43. The van der Waals surface area contributed by atoms with E-state index in [0.717, 1.165) is 16.8 Å². The zero-order valence-electron chi connectivity index (χ0n) is 10.1. The number of anilines is 2. The molecule has 2 N–H and O–H groups in total. The smallest absolute Gasteiger partial charge is 0.338 e. The van der Waals surface area contributed by atoms with Crippen LogP contribution in [0.15, 0.2) is 30.6 Å². The lowest BCUT2D eigenvalue weighted by molar-refractivity contribution is 0.0696. The lowest BCUT2D eigenvalue weighted by Gasteiger charge is -2.07. The molecule has 0 amide bonds. The average Bonchev–Trinajstić information content (AvgIpc) is 2.28. The van der Waals surface area contributed by atoms with Crippen LogP contribution in [-0.2, 0) is 0 Å². The predicted molar refractivity (Wildman–Crippen MR) is 68.2 cm³/mol. The Morgan fingerprint density at radius 3 is 2.17 bits per heavy atom. The number of carboxylic acids is 1. The zero-order chi connectivity index (χ0) is 13.1. The third-order valence-corrected chi connectivity index (χ3v) is 2.38. The molecule has 0 aliphatic rings. The molecule has 0 bridgehead atoms. The van der Waals surface area contributed by atoms with Crippen LogP contribution in [-0.4, -0.2) is 21.0 Å². The number of nitrogens with zero attached hydrogens (tertiary/aromatic N) is 2. The van der Waals surface area contributed by atoms with Crippen LogP contribution in [0.5, 0.6) is 0 Å². The number of aromatic nitrogens is 2. The van der Waals surface area contributed by atoms with Gasteiger partial charge in [-0.3, -0.25) is 0 Å². The van der Waals surface area contributed by atoms with Gasteiger partial charge in [0.25, 0.3) is 0 Å². The molecule has 1 aromatic carbocycles. The van der Waals surface area contributed by atoms with Gasteiger partial charge in [-0.1, -0.05) is 6.07 Å². The van der Waals surface area contributed by atoms with Crippen molar-refractivity contribution in [1.82, 2.24) is 9.97 Å². The maximum Gasteiger partial charge on any atom is 0.338 e. The molecule has 18 heavy (non-hydrogen) atoms. The fourth-order valence-corrected chi connectivity index (χ4v) is 1.68. The summed E-state index contributed by atoms with van der Waals surface area (Å²) in [7, 11) is 0.